The molecule has 3 nitrogen and oxygen atoms in total. The number of hydrogen-bond donors (Lipinski definition) is 1. The van der Waals surface area contributed by atoms with Crippen LogP contribution in [0.2, 0.25) is 0 Å². The third-order valence-electron chi connectivity index (χ3n) is 4.04. The molecule has 1 N–H and O–H groups in total. The van der Waals surface area contributed by atoms with Gasteiger partial charge in [-0.15, -0.1) is 0 Å². The summed E-state index contributed by atoms with van der Waals surface area (Å²) in [5.74, 6) is 1.71. The minimum Gasteiger partial charge on any atom is -0.490 e. The van der Waals surface area contributed by atoms with E-state index in [-0.39, 0.29) is 0 Å². The van der Waals surface area contributed by atoms with Gasteiger partial charge < -0.3 is 14.8 Å². The van der Waals surface area contributed by atoms with Gasteiger partial charge in [0.15, 0.2) is 11.5 Å². The van der Waals surface area contributed by atoms with Crippen LogP contribution >= 0.6 is 15.9 Å². The van der Waals surface area contributed by atoms with Gasteiger partial charge in [0.25, 0.3) is 0 Å². The Labute approximate surface area is 122 Å². The van der Waals surface area contributed by atoms with Gasteiger partial charge in [-0.25, -0.2) is 0 Å². The molecule has 1 aliphatic heterocycles. The van der Waals surface area contributed by atoms with E-state index in [2.05, 4.69) is 40.3 Å². The monoisotopic (exact) mass is 325 g/mol. The maximum absolute atomic E-state index is 5.76. The molecule has 2 aliphatic rings. The number of rotatable bonds is 3. The molecule has 19 heavy (non-hydrogen) atoms. The van der Waals surface area contributed by atoms with Crippen molar-refractivity contribution in [2.45, 2.75) is 44.7 Å². The number of fused-ring (bicyclic) bond motifs is 1. The normalized spacial score (nSPS) is 20.5. The molecule has 0 radical (unpaired) electrons. The van der Waals surface area contributed by atoms with E-state index in [4.69, 9.17) is 9.47 Å². The molecule has 1 aromatic carbocycles. The average Bonchev–Trinajstić information content (AvgIpc) is 2.59. The average molecular weight is 326 g/mol. The van der Waals surface area contributed by atoms with Crippen molar-refractivity contribution in [3.63, 3.8) is 0 Å². The molecule has 0 aromatic heterocycles. The molecule has 0 amide bonds. The Kier molecular flexibility index (Phi) is 3.72. The quantitative estimate of drug-likeness (QED) is 0.920. The Morgan fingerprint density at radius 1 is 1.21 bits per heavy atom. The molecule has 4 heteroatoms. The van der Waals surface area contributed by atoms with E-state index in [1.807, 2.05) is 0 Å². The zero-order chi connectivity index (χ0) is 13.3. The van der Waals surface area contributed by atoms with Crippen LogP contribution in [0.5, 0.6) is 11.5 Å². The highest BCUT2D eigenvalue weighted by atomic mass is 79.9. The molecule has 1 fully saturated rings. The van der Waals surface area contributed by atoms with Crippen LogP contribution in [0.1, 0.15) is 38.2 Å². The van der Waals surface area contributed by atoms with Crippen LogP contribution in [-0.4, -0.2) is 18.8 Å². The first-order chi connectivity index (χ1) is 9.16. The highest BCUT2D eigenvalue weighted by molar-refractivity contribution is 9.10. The fourth-order valence-corrected chi connectivity index (χ4v) is 3.19. The second-order valence-corrected chi connectivity index (χ2v) is 6.58. The van der Waals surface area contributed by atoms with E-state index in [1.165, 1.54) is 24.8 Å². The lowest BCUT2D eigenvalue weighted by atomic mass is 9.78. The first kappa shape index (κ1) is 13.3. The summed E-state index contributed by atoms with van der Waals surface area (Å²) < 4.78 is 12.5. The topological polar surface area (TPSA) is 30.5 Å². The maximum atomic E-state index is 5.76. The van der Waals surface area contributed by atoms with Crippen LogP contribution in [0.25, 0.3) is 0 Å². The Hall–Kier alpha value is -0.740. The Balaban J connectivity index is 1.75. The lowest BCUT2D eigenvalue weighted by molar-refractivity contribution is 0.206. The first-order valence-corrected chi connectivity index (χ1v) is 7.79. The highest BCUT2D eigenvalue weighted by Crippen LogP contribution is 2.38. The van der Waals surface area contributed by atoms with Crippen LogP contribution < -0.4 is 14.8 Å². The Bertz CT molecular complexity index is 471. The highest BCUT2D eigenvalue weighted by Gasteiger charge is 2.30. The van der Waals surface area contributed by atoms with Crippen molar-refractivity contribution >= 4 is 15.9 Å². The van der Waals surface area contributed by atoms with E-state index in [0.29, 0.717) is 5.54 Å². The first-order valence-electron chi connectivity index (χ1n) is 6.99. The Morgan fingerprint density at radius 2 is 2.00 bits per heavy atom. The van der Waals surface area contributed by atoms with Gasteiger partial charge in [0.05, 0.1) is 17.7 Å². The summed E-state index contributed by atoms with van der Waals surface area (Å²) in [6.07, 6.45) is 4.83. The summed E-state index contributed by atoms with van der Waals surface area (Å²) in [5, 5.41) is 3.64. The van der Waals surface area contributed by atoms with Gasteiger partial charge in [-0.1, -0.05) is 0 Å². The predicted octanol–water partition coefficient (Wildman–Crippen LogP) is 3.64. The molecule has 104 valence electrons. The van der Waals surface area contributed by atoms with E-state index in [9.17, 15) is 0 Å². The maximum Gasteiger partial charge on any atom is 0.175 e. The van der Waals surface area contributed by atoms with Crippen LogP contribution in [0.4, 0.5) is 0 Å². The molecule has 0 spiro atoms. The molecule has 0 saturated heterocycles. The molecule has 1 aromatic rings. The standard InChI is InChI=1S/C15H20BrNO2/c1-15(4-2-5-15)17-10-11-8-12(16)14-13(9-11)18-6-3-7-19-14/h8-9,17H,2-7,10H2,1H3. The van der Waals surface area contributed by atoms with Crippen molar-refractivity contribution in [1.82, 2.24) is 5.32 Å². The van der Waals surface area contributed by atoms with Gasteiger partial charge in [0, 0.05) is 18.5 Å². The minimum atomic E-state index is 0.330. The van der Waals surface area contributed by atoms with Gasteiger partial charge in [0.1, 0.15) is 0 Å². The van der Waals surface area contributed by atoms with Crippen molar-refractivity contribution in [2.75, 3.05) is 13.2 Å². The molecule has 0 unspecified atom stereocenters. The lowest BCUT2D eigenvalue weighted by Crippen LogP contribution is -2.47. The van der Waals surface area contributed by atoms with Crippen LogP contribution in [0.3, 0.4) is 0 Å². The van der Waals surface area contributed by atoms with E-state index >= 15 is 0 Å². The van der Waals surface area contributed by atoms with Gasteiger partial charge in [0.2, 0.25) is 0 Å². The summed E-state index contributed by atoms with van der Waals surface area (Å²) in [7, 11) is 0. The SMILES string of the molecule is CC1(NCc2cc(Br)c3c(c2)OCCCO3)CCC1. The van der Waals surface area contributed by atoms with Gasteiger partial charge in [-0.3, -0.25) is 0 Å². The molecule has 1 saturated carbocycles. The van der Waals surface area contributed by atoms with Crippen LogP contribution in [0, 0.1) is 0 Å². The van der Waals surface area contributed by atoms with Gasteiger partial charge in [-0.05, 0) is 59.8 Å². The molecule has 1 aliphatic carbocycles. The largest absolute Gasteiger partial charge is 0.490 e. The van der Waals surface area contributed by atoms with Crippen molar-refractivity contribution in [3.8, 4) is 11.5 Å². The summed E-state index contributed by atoms with van der Waals surface area (Å²) in [6.45, 7) is 4.63. The zero-order valence-electron chi connectivity index (χ0n) is 11.3. The molecule has 0 bridgehead atoms. The van der Waals surface area contributed by atoms with E-state index < -0.39 is 0 Å². The molecular formula is C15H20BrNO2. The number of benzene rings is 1. The number of nitrogens with one attached hydrogen (secondary N) is 1. The lowest BCUT2D eigenvalue weighted by Gasteiger charge is -2.39. The van der Waals surface area contributed by atoms with Crippen molar-refractivity contribution < 1.29 is 9.47 Å². The third-order valence-corrected chi connectivity index (χ3v) is 4.63. The number of hydrogen-bond acceptors (Lipinski definition) is 3. The zero-order valence-corrected chi connectivity index (χ0v) is 12.9. The number of halogens is 1. The fraction of sp³-hybridized carbons (Fsp3) is 0.600. The Morgan fingerprint density at radius 3 is 2.74 bits per heavy atom. The molecular weight excluding hydrogens is 306 g/mol. The minimum absolute atomic E-state index is 0.330. The molecule has 3 rings (SSSR count). The van der Waals surface area contributed by atoms with Crippen LogP contribution in [0.15, 0.2) is 16.6 Å². The molecule has 1 heterocycles. The summed E-state index contributed by atoms with van der Waals surface area (Å²) in [4.78, 5) is 0. The fourth-order valence-electron chi connectivity index (χ4n) is 2.59. The van der Waals surface area contributed by atoms with E-state index in [0.717, 1.165) is 42.2 Å². The van der Waals surface area contributed by atoms with Crippen molar-refractivity contribution in [2.24, 2.45) is 0 Å². The van der Waals surface area contributed by atoms with Crippen molar-refractivity contribution in [1.29, 1.82) is 0 Å². The predicted molar refractivity (Wildman–Crippen MR) is 78.8 cm³/mol. The second-order valence-electron chi connectivity index (χ2n) is 5.72. The summed E-state index contributed by atoms with van der Waals surface area (Å²) in [5.41, 5.74) is 1.57. The molecule has 0 atom stereocenters. The third kappa shape index (κ3) is 2.90. The smallest absolute Gasteiger partial charge is 0.175 e. The van der Waals surface area contributed by atoms with E-state index in [1.54, 1.807) is 0 Å². The summed E-state index contributed by atoms with van der Waals surface area (Å²) in [6, 6.07) is 4.23. The second kappa shape index (κ2) is 5.33. The van der Waals surface area contributed by atoms with Crippen molar-refractivity contribution in [3.05, 3.63) is 22.2 Å². The van der Waals surface area contributed by atoms with Crippen LogP contribution in [-0.2, 0) is 6.54 Å². The van der Waals surface area contributed by atoms with Gasteiger partial charge in [-0.2, -0.15) is 0 Å². The van der Waals surface area contributed by atoms with Gasteiger partial charge >= 0.3 is 0 Å². The number of ether oxygens (including phenoxy) is 2. The summed E-state index contributed by atoms with van der Waals surface area (Å²) >= 11 is 3.59.